The molecule has 168 valence electrons. The van der Waals surface area contributed by atoms with Crippen molar-refractivity contribution in [2.45, 2.75) is 32.4 Å². The van der Waals surface area contributed by atoms with Crippen molar-refractivity contribution in [2.24, 2.45) is 0 Å². The number of ether oxygens (including phenoxy) is 1. The molecule has 0 aliphatic heterocycles. The first-order valence-electron chi connectivity index (χ1n) is 11.1. The predicted octanol–water partition coefficient (Wildman–Crippen LogP) is 5.12. The number of nitrogens with zero attached hydrogens (tertiary/aromatic N) is 3. The average Bonchev–Trinajstić information content (AvgIpc) is 3.22. The Kier molecular flexibility index (Phi) is 7.15. The number of rotatable bonds is 10. The summed E-state index contributed by atoms with van der Waals surface area (Å²) in [6.45, 7) is 7.09. The van der Waals surface area contributed by atoms with Crippen LogP contribution in [0.1, 0.15) is 41.1 Å². The summed E-state index contributed by atoms with van der Waals surface area (Å²) in [7, 11) is 0. The molecule has 0 fully saturated rings. The Balaban J connectivity index is 1.47. The number of aryl methyl sites for hydroxylation is 1. The minimum atomic E-state index is -0.257. The Morgan fingerprint density at radius 1 is 1.12 bits per heavy atom. The normalized spacial score (nSPS) is 11.8. The third-order valence-corrected chi connectivity index (χ3v) is 5.48. The third-order valence-electron chi connectivity index (χ3n) is 5.48. The minimum Gasteiger partial charge on any atom is -0.493 e. The van der Waals surface area contributed by atoms with Gasteiger partial charge >= 0.3 is 0 Å². The minimum absolute atomic E-state index is 0.148. The van der Waals surface area contributed by atoms with Crippen LogP contribution >= 0.6 is 0 Å². The van der Waals surface area contributed by atoms with Crippen LogP contribution in [0.5, 0.6) is 5.75 Å². The van der Waals surface area contributed by atoms with E-state index >= 15 is 0 Å². The van der Waals surface area contributed by atoms with Crippen LogP contribution in [0, 0.1) is 0 Å². The molecule has 2 aromatic carbocycles. The second-order valence-electron chi connectivity index (χ2n) is 7.84. The number of hydrogen-bond acceptors (Lipinski definition) is 4. The maximum Gasteiger partial charge on any atom is 0.251 e. The van der Waals surface area contributed by atoms with Crippen LogP contribution in [0.4, 0.5) is 0 Å². The summed E-state index contributed by atoms with van der Waals surface area (Å²) in [4.78, 5) is 21.4. The molecule has 4 rings (SSSR count). The zero-order chi connectivity index (χ0) is 23.0. The molecule has 1 amide bonds. The van der Waals surface area contributed by atoms with Gasteiger partial charge in [-0.1, -0.05) is 36.4 Å². The van der Waals surface area contributed by atoms with Crippen LogP contribution in [0.2, 0.25) is 0 Å². The number of carbonyl (C=O) groups excluding carboxylic acids is 1. The molecule has 0 saturated carbocycles. The summed E-state index contributed by atoms with van der Waals surface area (Å²) in [5, 5.41) is 3.06. The van der Waals surface area contributed by atoms with Gasteiger partial charge in [0.05, 0.1) is 23.7 Å². The molecular formula is C27H28N4O2. The van der Waals surface area contributed by atoms with Crippen molar-refractivity contribution in [3.63, 3.8) is 0 Å². The molecule has 33 heavy (non-hydrogen) atoms. The van der Waals surface area contributed by atoms with Gasteiger partial charge in [-0.15, -0.1) is 6.58 Å². The van der Waals surface area contributed by atoms with Crippen LogP contribution in [0.3, 0.4) is 0 Å². The van der Waals surface area contributed by atoms with Gasteiger partial charge in [0.15, 0.2) is 0 Å². The molecule has 0 radical (unpaired) electrons. The van der Waals surface area contributed by atoms with Crippen LogP contribution in [0.15, 0.2) is 85.7 Å². The second-order valence-corrected chi connectivity index (χ2v) is 7.84. The number of hydrogen-bond donors (Lipinski definition) is 1. The highest BCUT2D eigenvalue weighted by Gasteiger charge is 2.19. The Labute approximate surface area is 194 Å². The number of aromatic nitrogens is 3. The number of amides is 1. The van der Waals surface area contributed by atoms with Gasteiger partial charge in [0.2, 0.25) is 0 Å². The number of fused-ring (bicyclic) bond motifs is 1. The maximum absolute atomic E-state index is 12.7. The summed E-state index contributed by atoms with van der Waals surface area (Å²) in [5.41, 5.74) is 3.67. The number of nitrogens with one attached hydrogen (secondary N) is 1. The van der Waals surface area contributed by atoms with Gasteiger partial charge in [-0.25, -0.2) is 4.98 Å². The van der Waals surface area contributed by atoms with E-state index in [1.54, 1.807) is 24.5 Å². The lowest BCUT2D eigenvalue weighted by Gasteiger charge is -2.17. The smallest absolute Gasteiger partial charge is 0.251 e. The summed E-state index contributed by atoms with van der Waals surface area (Å²) >= 11 is 0. The molecule has 6 heteroatoms. The summed E-state index contributed by atoms with van der Waals surface area (Å²) < 4.78 is 8.24. The molecule has 6 nitrogen and oxygen atoms in total. The van der Waals surface area contributed by atoms with Gasteiger partial charge in [0, 0.05) is 24.5 Å². The molecule has 0 aliphatic rings. The fourth-order valence-corrected chi connectivity index (χ4v) is 3.88. The fourth-order valence-electron chi connectivity index (χ4n) is 3.88. The quantitative estimate of drug-likeness (QED) is 0.274. The first-order chi connectivity index (χ1) is 16.2. The van der Waals surface area contributed by atoms with Crippen molar-refractivity contribution >= 4 is 16.9 Å². The van der Waals surface area contributed by atoms with E-state index in [2.05, 4.69) is 33.6 Å². The van der Waals surface area contributed by atoms with Crippen LogP contribution in [-0.2, 0) is 13.0 Å². The van der Waals surface area contributed by atoms with Crippen molar-refractivity contribution in [2.75, 3.05) is 6.61 Å². The highest BCUT2D eigenvalue weighted by molar-refractivity contribution is 5.94. The molecule has 0 saturated heterocycles. The molecule has 1 atom stereocenters. The predicted molar refractivity (Wildman–Crippen MR) is 130 cm³/mol. The van der Waals surface area contributed by atoms with E-state index in [4.69, 9.17) is 9.72 Å². The first kappa shape index (κ1) is 22.3. The zero-order valence-corrected chi connectivity index (χ0v) is 18.8. The van der Waals surface area contributed by atoms with E-state index in [9.17, 15) is 4.79 Å². The molecule has 4 aromatic rings. The zero-order valence-electron chi connectivity index (χ0n) is 18.8. The highest BCUT2D eigenvalue weighted by atomic mass is 16.5. The monoisotopic (exact) mass is 440 g/mol. The average molecular weight is 441 g/mol. The number of carbonyl (C=O) groups is 1. The Bertz CT molecular complexity index is 1230. The van der Waals surface area contributed by atoms with Gasteiger partial charge in [0.1, 0.15) is 11.6 Å². The molecule has 0 spiro atoms. The van der Waals surface area contributed by atoms with E-state index < -0.39 is 0 Å². The van der Waals surface area contributed by atoms with Gasteiger partial charge in [-0.05, 0) is 55.7 Å². The molecule has 1 N–H and O–H groups in total. The van der Waals surface area contributed by atoms with Crippen LogP contribution in [-0.4, -0.2) is 27.0 Å². The Morgan fingerprint density at radius 2 is 1.88 bits per heavy atom. The van der Waals surface area contributed by atoms with Crippen molar-refractivity contribution in [3.8, 4) is 5.75 Å². The summed E-state index contributed by atoms with van der Waals surface area (Å²) in [5.74, 6) is 1.57. The van der Waals surface area contributed by atoms with E-state index in [0.717, 1.165) is 47.6 Å². The molecule has 0 aliphatic carbocycles. The lowest BCUT2D eigenvalue weighted by molar-refractivity contribution is 0.0937. The van der Waals surface area contributed by atoms with Crippen molar-refractivity contribution in [1.82, 2.24) is 19.9 Å². The lowest BCUT2D eigenvalue weighted by Crippen LogP contribution is -2.28. The molecule has 0 bridgehead atoms. The number of para-hydroxylation sites is 3. The topological polar surface area (TPSA) is 69.0 Å². The highest BCUT2D eigenvalue weighted by Crippen LogP contribution is 2.23. The number of benzene rings is 2. The second kappa shape index (κ2) is 10.6. The van der Waals surface area contributed by atoms with Gasteiger partial charge in [-0.2, -0.15) is 0 Å². The van der Waals surface area contributed by atoms with Crippen molar-refractivity contribution in [1.29, 1.82) is 0 Å². The summed E-state index contributed by atoms with van der Waals surface area (Å²) in [6, 6.07) is 19.2. The molecule has 2 heterocycles. The van der Waals surface area contributed by atoms with Crippen molar-refractivity contribution in [3.05, 3.63) is 103 Å². The van der Waals surface area contributed by atoms with E-state index in [-0.39, 0.29) is 11.9 Å². The van der Waals surface area contributed by atoms with Crippen LogP contribution in [0.25, 0.3) is 11.0 Å². The molecular weight excluding hydrogens is 412 g/mol. The third kappa shape index (κ3) is 5.29. The Morgan fingerprint density at radius 3 is 2.70 bits per heavy atom. The molecule has 1 unspecified atom stereocenters. The van der Waals surface area contributed by atoms with Crippen molar-refractivity contribution < 1.29 is 9.53 Å². The van der Waals surface area contributed by atoms with Gasteiger partial charge in [0.25, 0.3) is 5.91 Å². The fraction of sp³-hybridized carbons (Fsp3) is 0.222. The van der Waals surface area contributed by atoms with E-state index in [1.165, 1.54) is 0 Å². The summed E-state index contributed by atoms with van der Waals surface area (Å²) in [6.07, 6.45) is 6.69. The van der Waals surface area contributed by atoms with E-state index in [1.807, 2.05) is 49.4 Å². The number of imidazole rings is 1. The largest absolute Gasteiger partial charge is 0.493 e. The molecule has 2 aromatic heterocycles. The van der Waals surface area contributed by atoms with Gasteiger partial charge in [-0.3, -0.25) is 9.78 Å². The maximum atomic E-state index is 12.7. The Hall–Kier alpha value is -3.93. The SMILES string of the molecule is C=CCc1ccccc1OCCCn1c(C(C)NC(=O)c2ccncc2)nc2ccccc21. The lowest BCUT2D eigenvalue weighted by atomic mass is 10.1. The van der Waals surface area contributed by atoms with Gasteiger partial charge < -0.3 is 14.6 Å². The first-order valence-corrected chi connectivity index (χ1v) is 11.1. The standard InChI is InChI=1S/C27H28N4O2/c1-3-9-21-10-4-7-13-25(21)33-19-8-18-31-24-12-6-5-11-23(24)30-26(31)20(2)29-27(32)22-14-16-28-17-15-22/h3-7,10-17,20H,1,8-9,18-19H2,2H3,(H,29,32). The van der Waals surface area contributed by atoms with Crippen LogP contribution < -0.4 is 10.1 Å². The van der Waals surface area contributed by atoms with E-state index in [0.29, 0.717) is 12.2 Å². The number of allylic oxidation sites excluding steroid dienone is 1. The number of pyridine rings is 1.